The number of amides is 1. The summed E-state index contributed by atoms with van der Waals surface area (Å²) in [6.45, 7) is 6.07. The summed E-state index contributed by atoms with van der Waals surface area (Å²) in [7, 11) is 0. The van der Waals surface area contributed by atoms with Gasteiger partial charge in [0.25, 0.3) is 0 Å². The minimum Gasteiger partial charge on any atom is -0.477 e. The van der Waals surface area contributed by atoms with Crippen molar-refractivity contribution < 1.29 is 14.7 Å². The van der Waals surface area contributed by atoms with Crippen LogP contribution in [0.4, 0.5) is 5.82 Å². The summed E-state index contributed by atoms with van der Waals surface area (Å²) in [6.07, 6.45) is 15.5. The smallest absolute Gasteiger partial charge is 0.341 e. The van der Waals surface area contributed by atoms with Crippen LogP contribution in [0.5, 0.6) is 0 Å². The van der Waals surface area contributed by atoms with Gasteiger partial charge in [0, 0.05) is 24.4 Å². The molecule has 0 spiro atoms. The molecular weight excluding hydrogens is 366 g/mol. The Balaban J connectivity index is 1.84. The highest BCUT2D eigenvalue weighted by atomic mass is 16.4. The fourth-order valence-corrected chi connectivity index (χ4v) is 4.63. The number of nitrogens with zero attached hydrogens (tertiary/aromatic N) is 3. The maximum Gasteiger partial charge on any atom is 0.341 e. The van der Waals surface area contributed by atoms with Gasteiger partial charge in [-0.3, -0.25) is 9.69 Å². The molecule has 0 aliphatic heterocycles. The number of rotatable bonds is 6. The topological polar surface area (TPSA) is 75.4 Å². The van der Waals surface area contributed by atoms with Crippen LogP contribution in [-0.2, 0) is 4.79 Å². The summed E-state index contributed by atoms with van der Waals surface area (Å²) in [5.74, 6) is 0.369. The number of carbonyl (C=O) groups is 2. The number of allylic oxidation sites excluding steroid dienone is 1. The predicted octanol–water partition coefficient (Wildman–Crippen LogP) is 5.20. The summed E-state index contributed by atoms with van der Waals surface area (Å²) in [5.41, 5.74) is 0.0875. The lowest BCUT2D eigenvalue weighted by Crippen LogP contribution is -2.43. The van der Waals surface area contributed by atoms with Gasteiger partial charge in [-0.25, -0.2) is 9.48 Å². The number of carboxylic acid groups (broad SMARTS) is 1. The predicted molar refractivity (Wildman–Crippen MR) is 115 cm³/mol. The summed E-state index contributed by atoms with van der Waals surface area (Å²) < 4.78 is 1.57. The molecule has 3 rings (SSSR count). The highest BCUT2D eigenvalue weighted by molar-refractivity contribution is 6.01. The first-order valence-electron chi connectivity index (χ1n) is 11.2. The Labute approximate surface area is 174 Å². The zero-order valence-electron chi connectivity index (χ0n) is 18.0. The minimum absolute atomic E-state index is 0.0101. The molecule has 1 N–H and O–H groups in total. The third kappa shape index (κ3) is 5.28. The van der Waals surface area contributed by atoms with Gasteiger partial charge in [-0.15, -0.1) is 5.10 Å². The van der Waals surface area contributed by atoms with E-state index in [1.807, 2.05) is 20.0 Å². The van der Waals surface area contributed by atoms with Crippen molar-refractivity contribution in [2.24, 2.45) is 17.8 Å². The molecule has 2 aliphatic carbocycles. The molecule has 0 unspecified atom stereocenters. The maximum absolute atomic E-state index is 13.3. The Morgan fingerprint density at radius 3 is 2.38 bits per heavy atom. The zero-order chi connectivity index (χ0) is 21.0. The van der Waals surface area contributed by atoms with E-state index in [0.29, 0.717) is 11.8 Å². The molecule has 1 aromatic rings. The van der Waals surface area contributed by atoms with Crippen LogP contribution >= 0.6 is 0 Å². The molecule has 29 heavy (non-hydrogen) atoms. The lowest BCUT2D eigenvalue weighted by molar-refractivity contribution is -0.123. The van der Waals surface area contributed by atoms with Gasteiger partial charge in [-0.2, -0.15) is 0 Å². The largest absolute Gasteiger partial charge is 0.477 e. The normalized spacial score (nSPS) is 23.6. The Hall–Kier alpha value is -2.11. The van der Waals surface area contributed by atoms with Crippen molar-refractivity contribution >= 4 is 23.9 Å². The summed E-state index contributed by atoms with van der Waals surface area (Å²) in [4.78, 5) is 26.8. The molecule has 6 heteroatoms. The van der Waals surface area contributed by atoms with E-state index in [2.05, 4.69) is 18.1 Å². The van der Waals surface area contributed by atoms with Gasteiger partial charge >= 0.3 is 5.97 Å². The highest BCUT2D eigenvalue weighted by Crippen LogP contribution is 2.32. The summed E-state index contributed by atoms with van der Waals surface area (Å²) in [6, 6.07) is -0.148. The summed E-state index contributed by atoms with van der Waals surface area (Å²) >= 11 is 0. The van der Waals surface area contributed by atoms with Gasteiger partial charge in [0.05, 0.1) is 0 Å². The monoisotopic (exact) mass is 401 g/mol. The van der Waals surface area contributed by atoms with Gasteiger partial charge in [-0.1, -0.05) is 32.3 Å². The van der Waals surface area contributed by atoms with E-state index in [4.69, 9.17) is 0 Å². The first-order valence-corrected chi connectivity index (χ1v) is 11.2. The van der Waals surface area contributed by atoms with Gasteiger partial charge in [0.15, 0.2) is 5.82 Å². The van der Waals surface area contributed by atoms with E-state index in [0.717, 1.165) is 25.7 Å². The van der Waals surface area contributed by atoms with Crippen LogP contribution in [0.3, 0.4) is 0 Å². The van der Waals surface area contributed by atoms with Crippen molar-refractivity contribution in [2.75, 3.05) is 4.90 Å². The second-order valence-corrected chi connectivity index (χ2v) is 9.15. The summed E-state index contributed by atoms with van der Waals surface area (Å²) in [5, 5.41) is 14.3. The molecule has 1 aromatic heterocycles. The van der Waals surface area contributed by atoms with Crippen LogP contribution in [0.1, 0.15) is 88.9 Å². The molecule has 1 amide bonds. The molecule has 0 bridgehead atoms. The van der Waals surface area contributed by atoms with Crippen LogP contribution in [0.2, 0.25) is 0 Å². The number of hydrogen-bond donors (Lipinski definition) is 1. The highest BCUT2D eigenvalue weighted by Gasteiger charge is 2.33. The number of carbonyl (C=O) groups excluding carboxylic acids is 1. The molecular formula is C23H35N3O3. The van der Waals surface area contributed by atoms with Crippen molar-refractivity contribution in [3.8, 4) is 0 Å². The lowest BCUT2D eigenvalue weighted by Gasteiger charge is -2.32. The Bertz CT molecular complexity index is 739. The third-order valence-corrected chi connectivity index (χ3v) is 6.45. The van der Waals surface area contributed by atoms with Crippen LogP contribution in [0.25, 0.3) is 6.20 Å². The van der Waals surface area contributed by atoms with Crippen LogP contribution in [-0.4, -0.2) is 32.8 Å². The van der Waals surface area contributed by atoms with E-state index in [9.17, 15) is 14.7 Å². The fraction of sp³-hybridized carbons (Fsp3) is 0.696. The molecule has 160 valence electrons. The van der Waals surface area contributed by atoms with Crippen molar-refractivity contribution in [1.29, 1.82) is 0 Å². The van der Waals surface area contributed by atoms with Crippen molar-refractivity contribution in [3.63, 3.8) is 0 Å². The van der Waals surface area contributed by atoms with E-state index in [-0.39, 0.29) is 29.2 Å². The zero-order valence-corrected chi connectivity index (χ0v) is 18.0. The molecule has 1 heterocycles. The van der Waals surface area contributed by atoms with Crippen molar-refractivity contribution in [3.05, 3.63) is 17.8 Å². The number of aromatic nitrogens is 2. The molecule has 0 radical (unpaired) electrons. The SMILES string of the molecule is CC(C)N(c1nn(C=CC2CCCCC2)cc1C(=O)O)C(=O)[C@H]1CC[C@H](C)CC1. The first kappa shape index (κ1) is 21.6. The first-order chi connectivity index (χ1) is 13.9. The van der Waals surface area contributed by atoms with E-state index in [1.54, 1.807) is 9.58 Å². The molecule has 0 saturated heterocycles. The van der Waals surface area contributed by atoms with Crippen LogP contribution in [0, 0.1) is 17.8 Å². The fourth-order valence-electron chi connectivity index (χ4n) is 4.63. The van der Waals surface area contributed by atoms with Crippen molar-refractivity contribution in [2.45, 2.75) is 84.6 Å². The number of anilines is 1. The Morgan fingerprint density at radius 2 is 1.79 bits per heavy atom. The van der Waals surface area contributed by atoms with Crippen molar-refractivity contribution in [1.82, 2.24) is 9.78 Å². The molecule has 2 fully saturated rings. The Kier molecular flexibility index (Phi) is 7.14. The average molecular weight is 402 g/mol. The van der Waals surface area contributed by atoms with E-state index in [1.165, 1.54) is 38.3 Å². The number of carboxylic acids is 1. The average Bonchev–Trinajstić information content (AvgIpc) is 3.11. The van der Waals surface area contributed by atoms with E-state index >= 15 is 0 Å². The lowest BCUT2D eigenvalue weighted by atomic mass is 9.82. The quantitative estimate of drug-likeness (QED) is 0.711. The standard InChI is InChI=1S/C23H35N3O3/c1-16(2)26(22(27)19-11-9-17(3)10-12-19)21-20(23(28)29)15-25(24-21)14-13-18-7-5-4-6-8-18/h13-19H,4-12H2,1-3H3,(H,28,29)/t17-,19-. The van der Waals surface area contributed by atoms with Gasteiger partial charge < -0.3 is 5.11 Å². The van der Waals surface area contributed by atoms with Gasteiger partial charge in [0.2, 0.25) is 5.91 Å². The second-order valence-electron chi connectivity index (χ2n) is 9.15. The Morgan fingerprint density at radius 1 is 1.14 bits per heavy atom. The maximum atomic E-state index is 13.3. The molecule has 6 nitrogen and oxygen atoms in total. The number of hydrogen-bond acceptors (Lipinski definition) is 3. The second kappa shape index (κ2) is 9.59. The van der Waals surface area contributed by atoms with Crippen LogP contribution < -0.4 is 4.90 Å². The van der Waals surface area contributed by atoms with Crippen LogP contribution in [0.15, 0.2) is 12.3 Å². The number of aromatic carboxylic acids is 1. The van der Waals surface area contributed by atoms with E-state index < -0.39 is 5.97 Å². The molecule has 2 saturated carbocycles. The third-order valence-electron chi connectivity index (χ3n) is 6.45. The van der Waals surface area contributed by atoms with Gasteiger partial charge in [0.1, 0.15) is 5.56 Å². The van der Waals surface area contributed by atoms with Gasteiger partial charge in [-0.05, 0) is 64.2 Å². The molecule has 2 aliphatic rings. The molecule has 0 atom stereocenters. The minimum atomic E-state index is -1.05. The molecule has 0 aromatic carbocycles.